The van der Waals surface area contributed by atoms with Gasteiger partial charge in [0.25, 0.3) is 0 Å². The fourth-order valence-electron chi connectivity index (χ4n) is 2.69. The molecule has 2 fully saturated rings. The molecule has 1 saturated carbocycles. The molecule has 1 atom stereocenters. The summed E-state index contributed by atoms with van der Waals surface area (Å²) in [5, 5.41) is 6.80. The standard InChI is InChI=1S/C15H23N3O2S/c19-21(20,18-13-7-8-13)15-6-2-1-5-14(15)17-12-4-3-10-16-11-9-12/h1-2,5-6,12-13,16-18H,3-4,7-11H2. The van der Waals surface area contributed by atoms with Gasteiger partial charge in [0.1, 0.15) is 4.90 Å². The predicted octanol–water partition coefficient (Wildman–Crippen LogP) is 1.68. The van der Waals surface area contributed by atoms with Crippen LogP contribution in [0.2, 0.25) is 0 Å². The van der Waals surface area contributed by atoms with Crippen molar-refractivity contribution >= 4 is 15.7 Å². The normalized spacial score (nSPS) is 23.5. The van der Waals surface area contributed by atoms with Gasteiger partial charge < -0.3 is 10.6 Å². The molecule has 1 aliphatic carbocycles. The molecular formula is C15H23N3O2S. The minimum absolute atomic E-state index is 0.130. The van der Waals surface area contributed by atoms with Crippen molar-refractivity contribution < 1.29 is 8.42 Å². The van der Waals surface area contributed by atoms with E-state index in [4.69, 9.17) is 0 Å². The average Bonchev–Trinajstić information content (AvgIpc) is 3.27. The Labute approximate surface area is 126 Å². The summed E-state index contributed by atoms with van der Waals surface area (Å²) in [5.74, 6) is 0. The van der Waals surface area contributed by atoms with Crippen LogP contribution in [0.1, 0.15) is 32.1 Å². The molecule has 1 aliphatic heterocycles. The van der Waals surface area contributed by atoms with Crippen LogP contribution < -0.4 is 15.4 Å². The summed E-state index contributed by atoms with van der Waals surface area (Å²) in [7, 11) is -3.42. The number of nitrogens with one attached hydrogen (secondary N) is 3. The van der Waals surface area contributed by atoms with Gasteiger partial charge in [-0.15, -0.1) is 0 Å². The molecule has 1 unspecified atom stereocenters. The second-order valence-corrected chi connectivity index (χ2v) is 7.60. The van der Waals surface area contributed by atoms with Gasteiger partial charge in [-0.2, -0.15) is 0 Å². The molecule has 6 heteroatoms. The zero-order chi connectivity index (χ0) is 14.7. The van der Waals surface area contributed by atoms with Gasteiger partial charge in [-0.05, 0) is 57.3 Å². The van der Waals surface area contributed by atoms with Gasteiger partial charge in [-0.25, -0.2) is 13.1 Å². The molecule has 0 bridgehead atoms. The third kappa shape index (κ3) is 3.96. The summed E-state index contributed by atoms with van der Waals surface area (Å²) in [5.41, 5.74) is 0.720. The predicted molar refractivity (Wildman–Crippen MR) is 83.9 cm³/mol. The van der Waals surface area contributed by atoms with E-state index < -0.39 is 10.0 Å². The van der Waals surface area contributed by atoms with E-state index in [0.29, 0.717) is 10.9 Å². The van der Waals surface area contributed by atoms with E-state index in [1.54, 1.807) is 12.1 Å². The number of benzene rings is 1. The summed E-state index contributed by atoms with van der Waals surface area (Å²) in [6, 6.07) is 7.67. The Morgan fingerprint density at radius 2 is 1.81 bits per heavy atom. The van der Waals surface area contributed by atoms with Gasteiger partial charge in [0.05, 0.1) is 5.69 Å². The van der Waals surface area contributed by atoms with E-state index >= 15 is 0 Å². The summed E-state index contributed by atoms with van der Waals surface area (Å²) in [4.78, 5) is 0.370. The quantitative estimate of drug-likeness (QED) is 0.774. The summed E-state index contributed by atoms with van der Waals surface area (Å²) < 4.78 is 27.7. The van der Waals surface area contributed by atoms with Crippen LogP contribution in [0.3, 0.4) is 0 Å². The number of para-hydroxylation sites is 1. The summed E-state index contributed by atoms with van der Waals surface area (Å²) in [6.07, 6.45) is 5.10. The topological polar surface area (TPSA) is 70.2 Å². The summed E-state index contributed by atoms with van der Waals surface area (Å²) in [6.45, 7) is 2.02. The lowest BCUT2D eigenvalue weighted by Crippen LogP contribution is -2.28. The molecule has 1 aromatic carbocycles. The molecule has 3 rings (SSSR count). The van der Waals surface area contributed by atoms with Crippen molar-refractivity contribution in [3.8, 4) is 0 Å². The molecule has 21 heavy (non-hydrogen) atoms. The highest BCUT2D eigenvalue weighted by atomic mass is 32.2. The van der Waals surface area contributed by atoms with E-state index in [2.05, 4.69) is 15.4 Å². The Kier molecular flexibility index (Phi) is 4.47. The van der Waals surface area contributed by atoms with Crippen LogP contribution in [0.4, 0.5) is 5.69 Å². The molecule has 0 spiro atoms. The lowest BCUT2D eigenvalue weighted by Gasteiger charge is -2.20. The molecule has 0 amide bonds. The lowest BCUT2D eigenvalue weighted by atomic mass is 10.1. The van der Waals surface area contributed by atoms with E-state index in [1.165, 1.54) is 0 Å². The Morgan fingerprint density at radius 3 is 2.62 bits per heavy atom. The van der Waals surface area contributed by atoms with Gasteiger partial charge >= 0.3 is 0 Å². The Bertz CT molecular complexity index is 576. The van der Waals surface area contributed by atoms with Gasteiger partial charge in [-0.1, -0.05) is 12.1 Å². The van der Waals surface area contributed by atoms with Crippen LogP contribution in [0, 0.1) is 0 Å². The van der Waals surface area contributed by atoms with Crippen molar-refractivity contribution in [1.82, 2.24) is 10.0 Å². The highest BCUT2D eigenvalue weighted by Gasteiger charge is 2.29. The number of anilines is 1. The molecule has 0 radical (unpaired) electrons. The van der Waals surface area contributed by atoms with Gasteiger partial charge in [0.15, 0.2) is 0 Å². The molecule has 2 aliphatic rings. The van der Waals surface area contributed by atoms with Crippen LogP contribution in [-0.2, 0) is 10.0 Å². The zero-order valence-corrected chi connectivity index (χ0v) is 13.0. The van der Waals surface area contributed by atoms with Crippen molar-refractivity contribution in [3.63, 3.8) is 0 Å². The molecular weight excluding hydrogens is 286 g/mol. The van der Waals surface area contributed by atoms with E-state index in [-0.39, 0.29) is 6.04 Å². The van der Waals surface area contributed by atoms with E-state index in [9.17, 15) is 8.42 Å². The van der Waals surface area contributed by atoms with Crippen molar-refractivity contribution in [3.05, 3.63) is 24.3 Å². The number of rotatable bonds is 5. The van der Waals surface area contributed by atoms with Crippen LogP contribution in [0.25, 0.3) is 0 Å². The number of sulfonamides is 1. The van der Waals surface area contributed by atoms with Crippen molar-refractivity contribution in [2.24, 2.45) is 0 Å². The van der Waals surface area contributed by atoms with Crippen LogP contribution in [-0.4, -0.2) is 33.6 Å². The molecule has 1 aromatic rings. The second-order valence-electron chi connectivity index (χ2n) is 5.91. The van der Waals surface area contributed by atoms with Crippen molar-refractivity contribution in [1.29, 1.82) is 0 Å². The third-order valence-electron chi connectivity index (χ3n) is 4.01. The van der Waals surface area contributed by atoms with E-state index in [0.717, 1.165) is 50.9 Å². The molecule has 116 valence electrons. The zero-order valence-electron chi connectivity index (χ0n) is 12.1. The summed E-state index contributed by atoms with van der Waals surface area (Å²) >= 11 is 0. The molecule has 0 aromatic heterocycles. The maximum atomic E-state index is 12.4. The Hall–Kier alpha value is -1.11. The van der Waals surface area contributed by atoms with Gasteiger partial charge in [0.2, 0.25) is 10.0 Å². The first-order chi connectivity index (χ1) is 10.1. The van der Waals surface area contributed by atoms with Crippen molar-refractivity contribution in [2.75, 3.05) is 18.4 Å². The van der Waals surface area contributed by atoms with Crippen LogP contribution in [0.15, 0.2) is 29.2 Å². The maximum Gasteiger partial charge on any atom is 0.242 e. The molecule has 5 nitrogen and oxygen atoms in total. The van der Waals surface area contributed by atoms with Gasteiger partial charge in [0, 0.05) is 12.1 Å². The molecule has 1 saturated heterocycles. The maximum absolute atomic E-state index is 12.4. The largest absolute Gasteiger partial charge is 0.381 e. The first-order valence-electron chi connectivity index (χ1n) is 7.74. The minimum Gasteiger partial charge on any atom is -0.381 e. The highest BCUT2D eigenvalue weighted by molar-refractivity contribution is 7.89. The van der Waals surface area contributed by atoms with Crippen molar-refractivity contribution in [2.45, 2.75) is 49.1 Å². The van der Waals surface area contributed by atoms with Gasteiger partial charge in [-0.3, -0.25) is 0 Å². The van der Waals surface area contributed by atoms with E-state index in [1.807, 2.05) is 12.1 Å². The SMILES string of the molecule is O=S(=O)(NC1CC1)c1ccccc1NC1CCCNCC1. The minimum atomic E-state index is -3.42. The number of hydrogen-bond donors (Lipinski definition) is 3. The lowest BCUT2D eigenvalue weighted by molar-refractivity contribution is 0.580. The monoisotopic (exact) mass is 309 g/mol. The third-order valence-corrected chi connectivity index (χ3v) is 5.59. The van der Waals surface area contributed by atoms with Crippen LogP contribution >= 0.6 is 0 Å². The fraction of sp³-hybridized carbons (Fsp3) is 0.600. The first-order valence-corrected chi connectivity index (χ1v) is 9.22. The Morgan fingerprint density at radius 1 is 1.00 bits per heavy atom. The number of hydrogen-bond acceptors (Lipinski definition) is 4. The first kappa shape index (κ1) is 14.8. The fourth-order valence-corrected chi connectivity index (χ4v) is 4.16. The molecule has 3 N–H and O–H groups in total. The van der Waals surface area contributed by atoms with Crippen LogP contribution in [0.5, 0.6) is 0 Å². The molecule has 1 heterocycles. The second kappa shape index (κ2) is 6.34. The smallest absolute Gasteiger partial charge is 0.242 e. The highest BCUT2D eigenvalue weighted by Crippen LogP contribution is 2.27. The Balaban J connectivity index is 1.78. The average molecular weight is 309 g/mol.